The number of aryl methyl sites for hydroxylation is 1. The van der Waals surface area contributed by atoms with Crippen LogP contribution in [0.15, 0.2) is 42.9 Å². The Balaban J connectivity index is 0.000000170. The highest BCUT2D eigenvalue weighted by Crippen LogP contribution is 2.23. The molecule has 0 spiro atoms. The Hall–Kier alpha value is -2.47. The second-order valence-corrected chi connectivity index (χ2v) is 6.65. The van der Waals surface area contributed by atoms with Crippen molar-refractivity contribution in [3.63, 3.8) is 0 Å². The van der Waals surface area contributed by atoms with Crippen LogP contribution in [0.1, 0.15) is 44.1 Å². The molecule has 0 radical (unpaired) electrons. The Kier molecular flexibility index (Phi) is 6.96. The number of hydrogen-bond acceptors (Lipinski definition) is 5. The van der Waals surface area contributed by atoms with Crippen LogP contribution in [-0.4, -0.2) is 37.9 Å². The summed E-state index contributed by atoms with van der Waals surface area (Å²) in [6.45, 7) is 0.287. The van der Waals surface area contributed by atoms with Crippen molar-refractivity contribution < 1.29 is 5.11 Å². The van der Waals surface area contributed by atoms with Gasteiger partial charge in [0.15, 0.2) is 5.65 Å². The minimum Gasteiger partial charge on any atom is -0.396 e. The van der Waals surface area contributed by atoms with Crippen molar-refractivity contribution in [2.75, 3.05) is 11.9 Å². The highest BCUT2D eigenvalue weighted by Gasteiger charge is 2.15. The maximum absolute atomic E-state index is 8.53. The Morgan fingerprint density at radius 2 is 1.88 bits per heavy atom. The van der Waals surface area contributed by atoms with Gasteiger partial charge in [-0.1, -0.05) is 49.6 Å². The van der Waals surface area contributed by atoms with Gasteiger partial charge in [0.25, 0.3) is 0 Å². The van der Waals surface area contributed by atoms with E-state index in [2.05, 4.69) is 37.6 Å². The first kappa shape index (κ1) is 18.3. The molecule has 0 amide bonds. The molecular weight excluding hydrogens is 326 g/mol. The van der Waals surface area contributed by atoms with E-state index in [9.17, 15) is 0 Å². The Morgan fingerprint density at radius 1 is 1.08 bits per heavy atom. The molecule has 6 heteroatoms. The summed E-state index contributed by atoms with van der Waals surface area (Å²) in [6.07, 6.45) is 11.7. The fourth-order valence-electron chi connectivity index (χ4n) is 3.25. The number of nitrogens with zero attached hydrogens (tertiary/aromatic N) is 3. The number of H-pyrrole nitrogens is 1. The molecule has 0 saturated heterocycles. The van der Waals surface area contributed by atoms with Gasteiger partial charge in [0, 0.05) is 12.6 Å². The summed E-state index contributed by atoms with van der Waals surface area (Å²) >= 11 is 0. The van der Waals surface area contributed by atoms with Crippen molar-refractivity contribution in [3.8, 4) is 0 Å². The molecule has 3 aromatic rings. The first-order chi connectivity index (χ1) is 12.9. The maximum Gasteiger partial charge on any atom is 0.160 e. The van der Waals surface area contributed by atoms with Gasteiger partial charge in [-0.05, 0) is 31.2 Å². The zero-order valence-corrected chi connectivity index (χ0v) is 15.1. The number of aromatic nitrogens is 4. The van der Waals surface area contributed by atoms with Gasteiger partial charge in [-0.2, -0.15) is 5.10 Å². The molecule has 1 aliphatic rings. The van der Waals surface area contributed by atoms with Gasteiger partial charge < -0.3 is 10.4 Å². The average molecular weight is 353 g/mol. The molecule has 1 saturated carbocycles. The van der Waals surface area contributed by atoms with Gasteiger partial charge >= 0.3 is 0 Å². The standard InChI is InChI=1S/C11H15N5.C9H12O/c1-2-4-8(5-3-1)15-10-9-6-14-16-11(9)13-7-12-10;10-8-4-7-9-5-2-1-3-6-9/h6-8H,1-5H2,(H2,12,13,14,15,16);1-3,5-6,10H,4,7-8H2. The molecule has 0 atom stereocenters. The largest absolute Gasteiger partial charge is 0.396 e. The fraction of sp³-hybridized carbons (Fsp3) is 0.450. The van der Waals surface area contributed by atoms with Gasteiger partial charge in [0.2, 0.25) is 0 Å². The second-order valence-electron chi connectivity index (χ2n) is 6.65. The van der Waals surface area contributed by atoms with E-state index in [-0.39, 0.29) is 6.61 Å². The van der Waals surface area contributed by atoms with Crippen LogP contribution in [0, 0.1) is 0 Å². The first-order valence-electron chi connectivity index (χ1n) is 9.42. The van der Waals surface area contributed by atoms with E-state index in [0.717, 1.165) is 29.7 Å². The zero-order valence-electron chi connectivity index (χ0n) is 15.1. The summed E-state index contributed by atoms with van der Waals surface area (Å²) in [6, 6.07) is 10.8. The highest BCUT2D eigenvalue weighted by molar-refractivity contribution is 5.85. The van der Waals surface area contributed by atoms with Crippen LogP contribution >= 0.6 is 0 Å². The summed E-state index contributed by atoms with van der Waals surface area (Å²) in [5.74, 6) is 0.908. The molecule has 1 aromatic carbocycles. The predicted octanol–water partition coefficient (Wildman–Crippen LogP) is 3.71. The van der Waals surface area contributed by atoms with Crippen LogP contribution in [0.25, 0.3) is 11.0 Å². The lowest BCUT2D eigenvalue weighted by Crippen LogP contribution is -2.22. The van der Waals surface area contributed by atoms with Crippen molar-refractivity contribution in [2.24, 2.45) is 0 Å². The lowest BCUT2D eigenvalue weighted by molar-refractivity contribution is 0.288. The minimum absolute atomic E-state index is 0.287. The van der Waals surface area contributed by atoms with Gasteiger partial charge in [0.05, 0.1) is 11.6 Å². The Morgan fingerprint density at radius 3 is 2.65 bits per heavy atom. The van der Waals surface area contributed by atoms with E-state index >= 15 is 0 Å². The third kappa shape index (κ3) is 5.26. The van der Waals surface area contributed by atoms with E-state index < -0.39 is 0 Å². The van der Waals surface area contributed by atoms with Gasteiger partial charge in [0.1, 0.15) is 12.1 Å². The summed E-state index contributed by atoms with van der Waals surface area (Å²) in [4.78, 5) is 8.42. The Bertz CT molecular complexity index is 768. The number of anilines is 1. The maximum atomic E-state index is 8.53. The van der Waals surface area contributed by atoms with E-state index in [0.29, 0.717) is 6.04 Å². The fourth-order valence-corrected chi connectivity index (χ4v) is 3.25. The molecule has 0 aliphatic heterocycles. The van der Waals surface area contributed by atoms with Gasteiger partial charge in [-0.15, -0.1) is 0 Å². The molecule has 2 heterocycles. The summed E-state index contributed by atoms with van der Waals surface area (Å²) in [5.41, 5.74) is 2.10. The van der Waals surface area contributed by atoms with Crippen LogP contribution in [0.5, 0.6) is 0 Å². The van der Waals surface area contributed by atoms with Crippen LogP contribution in [0.3, 0.4) is 0 Å². The molecule has 1 fully saturated rings. The lowest BCUT2D eigenvalue weighted by Gasteiger charge is -2.23. The van der Waals surface area contributed by atoms with E-state index in [1.807, 2.05) is 18.2 Å². The number of aromatic amines is 1. The van der Waals surface area contributed by atoms with E-state index in [1.54, 1.807) is 12.5 Å². The molecule has 138 valence electrons. The summed E-state index contributed by atoms with van der Waals surface area (Å²) < 4.78 is 0. The number of benzene rings is 1. The van der Waals surface area contributed by atoms with Crippen molar-refractivity contribution in [2.45, 2.75) is 51.0 Å². The third-order valence-corrected chi connectivity index (χ3v) is 4.66. The van der Waals surface area contributed by atoms with Gasteiger partial charge in [-0.25, -0.2) is 9.97 Å². The summed E-state index contributed by atoms with van der Waals surface area (Å²) in [7, 11) is 0. The molecule has 6 nitrogen and oxygen atoms in total. The number of rotatable bonds is 5. The monoisotopic (exact) mass is 353 g/mol. The topological polar surface area (TPSA) is 86.7 Å². The number of nitrogens with one attached hydrogen (secondary N) is 2. The highest BCUT2D eigenvalue weighted by atomic mass is 16.2. The van der Waals surface area contributed by atoms with Crippen LogP contribution in [0.2, 0.25) is 0 Å². The van der Waals surface area contributed by atoms with Crippen molar-refractivity contribution in [1.82, 2.24) is 20.2 Å². The molecule has 26 heavy (non-hydrogen) atoms. The van der Waals surface area contributed by atoms with E-state index in [1.165, 1.54) is 37.7 Å². The van der Waals surface area contributed by atoms with Crippen molar-refractivity contribution in [3.05, 3.63) is 48.4 Å². The molecule has 2 aromatic heterocycles. The summed E-state index contributed by atoms with van der Waals surface area (Å²) in [5, 5.41) is 19.8. The molecule has 4 rings (SSSR count). The Labute approximate surface area is 154 Å². The number of hydrogen-bond donors (Lipinski definition) is 3. The quantitative estimate of drug-likeness (QED) is 0.651. The molecular formula is C20H27N5O. The van der Waals surface area contributed by atoms with Crippen LogP contribution in [-0.2, 0) is 6.42 Å². The van der Waals surface area contributed by atoms with Crippen molar-refractivity contribution >= 4 is 16.9 Å². The zero-order chi connectivity index (χ0) is 18.0. The lowest BCUT2D eigenvalue weighted by atomic mass is 9.95. The minimum atomic E-state index is 0.287. The molecule has 0 bridgehead atoms. The first-order valence-corrected chi connectivity index (χ1v) is 9.42. The second kappa shape index (κ2) is 9.87. The molecule has 0 unspecified atom stereocenters. The third-order valence-electron chi connectivity index (χ3n) is 4.66. The normalized spacial score (nSPS) is 14.7. The molecule has 1 aliphatic carbocycles. The number of aliphatic hydroxyl groups is 1. The molecule has 3 N–H and O–H groups in total. The number of aliphatic hydroxyl groups excluding tert-OH is 1. The predicted molar refractivity (Wildman–Crippen MR) is 104 cm³/mol. The van der Waals surface area contributed by atoms with E-state index in [4.69, 9.17) is 5.11 Å². The average Bonchev–Trinajstić information content (AvgIpc) is 3.18. The van der Waals surface area contributed by atoms with Crippen LogP contribution < -0.4 is 5.32 Å². The van der Waals surface area contributed by atoms with Crippen molar-refractivity contribution in [1.29, 1.82) is 0 Å². The van der Waals surface area contributed by atoms with Gasteiger partial charge in [-0.3, -0.25) is 5.10 Å². The number of fused-ring (bicyclic) bond motifs is 1. The smallest absolute Gasteiger partial charge is 0.160 e. The van der Waals surface area contributed by atoms with Crippen LogP contribution in [0.4, 0.5) is 5.82 Å². The SMILES string of the molecule is OCCCc1ccccc1.c1nc(NC2CCCCC2)c2cn[nH]c2n1.